The standard InChI is InChI=1S/C12H14BrCl2N/c13-10-2-1-9(12(15)5-10)7-16-6-8-3-11(14)4-8/h1-2,5,8,11,16H,3-4,6-7H2. The summed E-state index contributed by atoms with van der Waals surface area (Å²) >= 11 is 15.4. The molecule has 0 heterocycles. The van der Waals surface area contributed by atoms with Gasteiger partial charge in [0.2, 0.25) is 0 Å². The van der Waals surface area contributed by atoms with Crippen molar-refractivity contribution in [2.24, 2.45) is 5.92 Å². The van der Waals surface area contributed by atoms with Gasteiger partial charge in [-0.15, -0.1) is 11.6 Å². The maximum absolute atomic E-state index is 6.12. The van der Waals surface area contributed by atoms with Crippen LogP contribution in [0.1, 0.15) is 18.4 Å². The maximum atomic E-state index is 6.12. The Kier molecular flexibility index (Phi) is 4.54. The van der Waals surface area contributed by atoms with Crippen LogP contribution < -0.4 is 5.32 Å². The van der Waals surface area contributed by atoms with Crippen LogP contribution in [0.15, 0.2) is 22.7 Å². The molecule has 0 atom stereocenters. The highest BCUT2D eigenvalue weighted by Gasteiger charge is 2.26. The molecule has 88 valence electrons. The fourth-order valence-corrected chi connectivity index (χ4v) is 3.14. The maximum Gasteiger partial charge on any atom is 0.0462 e. The molecule has 1 aliphatic carbocycles. The van der Waals surface area contributed by atoms with Crippen LogP contribution in [0.25, 0.3) is 0 Å². The van der Waals surface area contributed by atoms with E-state index in [2.05, 4.69) is 21.2 Å². The predicted octanol–water partition coefficient (Wildman–Crippen LogP) is 4.21. The fourth-order valence-electron chi connectivity index (χ4n) is 1.90. The molecule has 1 aliphatic rings. The number of hydrogen-bond donors (Lipinski definition) is 1. The van der Waals surface area contributed by atoms with Crippen molar-refractivity contribution in [3.8, 4) is 0 Å². The Hall–Kier alpha value is 0.240. The molecule has 1 aromatic carbocycles. The van der Waals surface area contributed by atoms with Crippen LogP contribution in [0.4, 0.5) is 0 Å². The first kappa shape index (κ1) is 12.7. The number of halogens is 3. The van der Waals surface area contributed by atoms with E-state index in [0.29, 0.717) is 5.38 Å². The molecule has 0 saturated heterocycles. The van der Waals surface area contributed by atoms with Gasteiger partial charge < -0.3 is 5.32 Å². The Labute approximate surface area is 115 Å². The van der Waals surface area contributed by atoms with Crippen LogP contribution in [0.5, 0.6) is 0 Å². The van der Waals surface area contributed by atoms with Crippen molar-refractivity contribution in [3.05, 3.63) is 33.3 Å². The summed E-state index contributed by atoms with van der Waals surface area (Å²) in [6.07, 6.45) is 2.28. The van der Waals surface area contributed by atoms with E-state index < -0.39 is 0 Å². The molecule has 0 radical (unpaired) electrons. The molecular weight excluding hydrogens is 309 g/mol. The van der Waals surface area contributed by atoms with E-state index in [9.17, 15) is 0 Å². The summed E-state index contributed by atoms with van der Waals surface area (Å²) in [5, 5.41) is 4.64. The minimum Gasteiger partial charge on any atom is -0.312 e. The van der Waals surface area contributed by atoms with Gasteiger partial charge in [-0.3, -0.25) is 0 Å². The second-order valence-corrected chi connectivity index (χ2v) is 6.24. The van der Waals surface area contributed by atoms with Gasteiger partial charge in [0.15, 0.2) is 0 Å². The first-order valence-corrected chi connectivity index (χ1v) is 7.04. The lowest BCUT2D eigenvalue weighted by molar-refractivity contribution is 0.308. The Morgan fingerprint density at radius 3 is 2.75 bits per heavy atom. The smallest absolute Gasteiger partial charge is 0.0462 e. The zero-order valence-corrected chi connectivity index (χ0v) is 11.9. The topological polar surface area (TPSA) is 12.0 Å². The third-order valence-corrected chi connectivity index (χ3v) is 4.14. The highest BCUT2D eigenvalue weighted by Crippen LogP contribution is 2.31. The predicted molar refractivity (Wildman–Crippen MR) is 73.2 cm³/mol. The normalized spacial score (nSPS) is 24.2. The zero-order valence-electron chi connectivity index (χ0n) is 8.85. The summed E-state index contributed by atoms with van der Waals surface area (Å²) in [6, 6.07) is 5.99. The minimum absolute atomic E-state index is 0.406. The molecule has 2 rings (SSSR count). The molecule has 0 amide bonds. The van der Waals surface area contributed by atoms with Crippen molar-refractivity contribution < 1.29 is 0 Å². The van der Waals surface area contributed by atoms with Crippen LogP contribution in [0.2, 0.25) is 5.02 Å². The third kappa shape index (κ3) is 3.36. The second-order valence-electron chi connectivity index (χ2n) is 4.30. The number of alkyl halides is 1. The average Bonchev–Trinajstić information content (AvgIpc) is 2.18. The Morgan fingerprint density at radius 2 is 2.12 bits per heavy atom. The first-order valence-electron chi connectivity index (χ1n) is 5.44. The van der Waals surface area contributed by atoms with Gasteiger partial charge in [-0.1, -0.05) is 33.6 Å². The van der Waals surface area contributed by atoms with E-state index in [4.69, 9.17) is 23.2 Å². The molecule has 0 spiro atoms. The lowest BCUT2D eigenvalue weighted by Gasteiger charge is -2.31. The SMILES string of the molecule is Clc1cc(Br)ccc1CNCC1CC(Cl)C1. The average molecular weight is 323 g/mol. The molecule has 1 saturated carbocycles. The molecule has 1 N–H and O–H groups in total. The summed E-state index contributed by atoms with van der Waals surface area (Å²) in [7, 11) is 0. The largest absolute Gasteiger partial charge is 0.312 e. The van der Waals surface area contributed by atoms with E-state index in [1.807, 2.05) is 18.2 Å². The van der Waals surface area contributed by atoms with Crippen molar-refractivity contribution in [2.45, 2.75) is 24.8 Å². The van der Waals surface area contributed by atoms with Crippen molar-refractivity contribution in [3.63, 3.8) is 0 Å². The van der Waals surface area contributed by atoms with E-state index in [0.717, 1.165) is 46.9 Å². The van der Waals surface area contributed by atoms with Gasteiger partial charge in [0.25, 0.3) is 0 Å². The number of rotatable bonds is 4. The van der Waals surface area contributed by atoms with Crippen molar-refractivity contribution in [2.75, 3.05) is 6.54 Å². The van der Waals surface area contributed by atoms with Crippen LogP contribution >= 0.6 is 39.1 Å². The Bertz CT molecular complexity index is 364. The molecule has 1 aromatic rings. The van der Waals surface area contributed by atoms with E-state index in [-0.39, 0.29) is 0 Å². The summed E-state index contributed by atoms with van der Waals surface area (Å²) in [5.41, 5.74) is 1.15. The molecular formula is C12H14BrCl2N. The summed E-state index contributed by atoms with van der Waals surface area (Å²) in [6.45, 7) is 1.87. The molecule has 1 fully saturated rings. The van der Waals surface area contributed by atoms with Crippen LogP contribution in [0.3, 0.4) is 0 Å². The van der Waals surface area contributed by atoms with E-state index >= 15 is 0 Å². The lowest BCUT2D eigenvalue weighted by atomic mass is 9.85. The molecule has 4 heteroatoms. The third-order valence-electron chi connectivity index (χ3n) is 2.94. The van der Waals surface area contributed by atoms with E-state index in [1.165, 1.54) is 0 Å². The number of nitrogens with one attached hydrogen (secondary N) is 1. The molecule has 1 nitrogen and oxygen atoms in total. The van der Waals surface area contributed by atoms with Crippen molar-refractivity contribution >= 4 is 39.1 Å². The molecule has 0 unspecified atom stereocenters. The number of hydrogen-bond acceptors (Lipinski definition) is 1. The molecule has 0 aromatic heterocycles. The van der Waals surface area contributed by atoms with Gasteiger partial charge in [0, 0.05) is 21.4 Å². The Morgan fingerprint density at radius 1 is 1.38 bits per heavy atom. The highest BCUT2D eigenvalue weighted by molar-refractivity contribution is 9.10. The lowest BCUT2D eigenvalue weighted by Crippen LogP contribution is -2.33. The molecule has 16 heavy (non-hydrogen) atoms. The zero-order chi connectivity index (χ0) is 11.5. The van der Waals surface area contributed by atoms with Gasteiger partial charge in [-0.25, -0.2) is 0 Å². The van der Waals surface area contributed by atoms with Crippen molar-refractivity contribution in [1.29, 1.82) is 0 Å². The van der Waals surface area contributed by atoms with Gasteiger partial charge in [-0.05, 0) is 43.0 Å². The summed E-state index contributed by atoms with van der Waals surface area (Å²) in [4.78, 5) is 0. The van der Waals surface area contributed by atoms with Crippen LogP contribution in [0, 0.1) is 5.92 Å². The number of benzene rings is 1. The van der Waals surface area contributed by atoms with Gasteiger partial charge in [0.05, 0.1) is 0 Å². The van der Waals surface area contributed by atoms with Gasteiger partial charge in [-0.2, -0.15) is 0 Å². The first-order chi connectivity index (χ1) is 7.65. The monoisotopic (exact) mass is 321 g/mol. The van der Waals surface area contributed by atoms with Crippen LogP contribution in [-0.2, 0) is 6.54 Å². The van der Waals surface area contributed by atoms with Crippen LogP contribution in [-0.4, -0.2) is 11.9 Å². The van der Waals surface area contributed by atoms with Gasteiger partial charge >= 0.3 is 0 Å². The highest BCUT2D eigenvalue weighted by atomic mass is 79.9. The molecule has 0 aliphatic heterocycles. The van der Waals surface area contributed by atoms with Gasteiger partial charge in [0.1, 0.15) is 0 Å². The summed E-state index contributed by atoms with van der Waals surface area (Å²) in [5.74, 6) is 0.747. The fraction of sp³-hybridized carbons (Fsp3) is 0.500. The summed E-state index contributed by atoms with van der Waals surface area (Å²) < 4.78 is 1.02. The second kappa shape index (κ2) is 5.72. The van der Waals surface area contributed by atoms with Crippen molar-refractivity contribution in [1.82, 2.24) is 5.32 Å². The van der Waals surface area contributed by atoms with E-state index in [1.54, 1.807) is 0 Å². The quantitative estimate of drug-likeness (QED) is 0.819. The molecule has 0 bridgehead atoms. The minimum atomic E-state index is 0.406. The Balaban J connectivity index is 1.76.